The summed E-state index contributed by atoms with van der Waals surface area (Å²) in [6.07, 6.45) is 0. The Morgan fingerprint density at radius 2 is 2.38 bits per heavy atom. The van der Waals surface area contributed by atoms with Gasteiger partial charge in [-0.1, -0.05) is 0 Å². The molecule has 0 aliphatic rings. The average molecular weight is 157 g/mol. The van der Waals surface area contributed by atoms with Gasteiger partial charge in [0.05, 0.1) is 0 Å². The van der Waals surface area contributed by atoms with Gasteiger partial charge in [0.15, 0.2) is 6.61 Å². The molecule has 6 heteroatoms. The van der Waals surface area contributed by atoms with Crippen LogP contribution in [0.1, 0.15) is 0 Å². The zero-order valence-electron chi connectivity index (χ0n) is 3.70. The number of halogens is 1. The van der Waals surface area contributed by atoms with Gasteiger partial charge in [0.1, 0.15) is 0 Å². The number of rotatable bonds is 3. The standard InChI is InChI=1S/C2H2ClO4P/c3-2(4)1-7-8(5)6/h1H2/p+1. The van der Waals surface area contributed by atoms with Crippen LogP contribution in [0, 0.1) is 0 Å². The van der Waals surface area contributed by atoms with Crippen molar-refractivity contribution in [1.29, 1.82) is 0 Å². The second kappa shape index (κ2) is 3.92. The first-order chi connectivity index (χ1) is 3.63. The molecule has 0 aromatic heterocycles. The third-order valence-electron chi connectivity index (χ3n) is 0.288. The van der Waals surface area contributed by atoms with E-state index in [0.29, 0.717) is 0 Å². The van der Waals surface area contributed by atoms with E-state index in [-0.39, 0.29) is 0 Å². The number of hydrogen-bond acceptors (Lipinski definition) is 3. The van der Waals surface area contributed by atoms with Gasteiger partial charge in [-0.25, -0.2) is 0 Å². The van der Waals surface area contributed by atoms with Gasteiger partial charge in [0.25, 0.3) is 5.24 Å². The zero-order chi connectivity index (χ0) is 6.57. The number of carbonyl (C=O) groups excluding carboxylic acids is 1. The topological polar surface area (TPSA) is 63.6 Å². The smallest absolute Gasteiger partial charge is 0.278 e. The first-order valence-corrected chi connectivity index (χ1v) is 3.11. The summed E-state index contributed by atoms with van der Waals surface area (Å²) >= 11 is 4.72. The Morgan fingerprint density at radius 3 is 2.50 bits per heavy atom. The summed E-state index contributed by atoms with van der Waals surface area (Å²) in [7, 11) is -2.69. The van der Waals surface area contributed by atoms with E-state index >= 15 is 0 Å². The van der Waals surface area contributed by atoms with Crippen molar-refractivity contribution in [3.8, 4) is 0 Å². The minimum atomic E-state index is -2.69. The normalized spacial score (nSPS) is 11.0. The van der Waals surface area contributed by atoms with Gasteiger partial charge in [0, 0.05) is 4.57 Å². The monoisotopic (exact) mass is 157 g/mol. The van der Waals surface area contributed by atoms with E-state index in [0.717, 1.165) is 0 Å². The Kier molecular flexibility index (Phi) is 3.91. The molecule has 0 radical (unpaired) electrons. The molecule has 46 valence electrons. The van der Waals surface area contributed by atoms with Gasteiger partial charge in [0.2, 0.25) is 0 Å². The lowest BCUT2D eigenvalue weighted by Gasteiger charge is -1.75. The van der Waals surface area contributed by atoms with E-state index in [2.05, 4.69) is 4.52 Å². The fourth-order valence-corrected chi connectivity index (χ4v) is 0.464. The highest BCUT2D eigenvalue weighted by Crippen LogP contribution is 2.13. The molecule has 1 unspecified atom stereocenters. The van der Waals surface area contributed by atoms with Gasteiger partial charge < -0.3 is 0 Å². The van der Waals surface area contributed by atoms with Crippen molar-refractivity contribution in [3.63, 3.8) is 0 Å². The minimum absolute atomic E-state index is 0.521. The number of carbonyl (C=O) groups is 1. The maximum Gasteiger partial charge on any atom is 0.695 e. The van der Waals surface area contributed by atoms with E-state index in [1.165, 1.54) is 0 Å². The van der Waals surface area contributed by atoms with E-state index < -0.39 is 20.1 Å². The van der Waals surface area contributed by atoms with Gasteiger partial charge in [-0.3, -0.25) is 4.79 Å². The molecule has 0 fully saturated rings. The molecular formula is C2H3ClO4P+. The summed E-state index contributed by atoms with van der Waals surface area (Å²) < 4.78 is 13.5. The molecule has 0 rings (SSSR count). The maximum absolute atomic E-state index is 9.75. The van der Waals surface area contributed by atoms with Crippen LogP contribution in [0.2, 0.25) is 0 Å². The first kappa shape index (κ1) is 7.98. The predicted molar refractivity (Wildman–Crippen MR) is 26.6 cm³/mol. The molecule has 0 spiro atoms. The highest BCUT2D eigenvalue weighted by atomic mass is 35.5. The van der Waals surface area contributed by atoms with Crippen LogP contribution in [-0.2, 0) is 13.9 Å². The third kappa shape index (κ3) is 5.98. The lowest BCUT2D eigenvalue weighted by Crippen LogP contribution is -1.94. The lowest BCUT2D eigenvalue weighted by molar-refractivity contribution is -0.113. The average Bonchev–Trinajstić information content (AvgIpc) is 1.61. The molecule has 1 atom stereocenters. The van der Waals surface area contributed by atoms with E-state index in [1.54, 1.807) is 0 Å². The van der Waals surface area contributed by atoms with Crippen LogP contribution in [0.5, 0.6) is 0 Å². The van der Waals surface area contributed by atoms with E-state index in [1.807, 2.05) is 0 Å². The van der Waals surface area contributed by atoms with Gasteiger partial charge >= 0.3 is 8.25 Å². The predicted octanol–water partition coefficient (Wildman–Crippen LogP) is 0.418. The Morgan fingerprint density at radius 1 is 1.88 bits per heavy atom. The number of hydrogen-bond donors (Lipinski definition) is 1. The second-order valence-corrected chi connectivity index (χ2v) is 2.02. The van der Waals surface area contributed by atoms with Crippen LogP contribution < -0.4 is 0 Å². The summed E-state index contributed by atoms with van der Waals surface area (Å²) in [6.45, 7) is -0.521. The molecule has 0 saturated heterocycles. The molecule has 0 saturated carbocycles. The van der Waals surface area contributed by atoms with Crippen molar-refractivity contribution < 1.29 is 18.8 Å². The fraction of sp³-hybridized carbons (Fsp3) is 0.500. The molecular weight excluding hydrogens is 154 g/mol. The lowest BCUT2D eigenvalue weighted by atomic mass is 10.8. The molecule has 4 nitrogen and oxygen atoms in total. The summed E-state index contributed by atoms with van der Waals surface area (Å²) in [6, 6.07) is 0. The summed E-state index contributed by atoms with van der Waals surface area (Å²) in [5.41, 5.74) is 0. The Balaban J connectivity index is 3.18. The fourth-order valence-electron chi connectivity index (χ4n) is 0.106. The van der Waals surface area contributed by atoms with Crippen molar-refractivity contribution in [2.45, 2.75) is 0 Å². The Labute approximate surface area is 51.4 Å². The largest absolute Gasteiger partial charge is 0.695 e. The van der Waals surface area contributed by atoms with Crippen LogP contribution >= 0.6 is 19.9 Å². The highest BCUT2D eigenvalue weighted by Gasteiger charge is 2.13. The quantitative estimate of drug-likeness (QED) is 0.476. The SMILES string of the molecule is O=C(Cl)CO[P+](=O)O. The van der Waals surface area contributed by atoms with Crippen LogP contribution in [-0.4, -0.2) is 16.7 Å². The van der Waals surface area contributed by atoms with Crippen LogP contribution in [0.4, 0.5) is 0 Å². The molecule has 8 heavy (non-hydrogen) atoms. The van der Waals surface area contributed by atoms with Crippen LogP contribution in [0.3, 0.4) is 0 Å². The molecule has 0 heterocycles. The van der Waals surface area contributed by atoms with E-state index in [4.69, 9.17) is 16.5 Å². The Hall–Kier alpha value is -0.0200. The van der Waals surface area contributed by atoms with Crippen molar-refractivity contribution >= 4 is 25.1 Å². The van der Waals surface area contributed by atoms with Crippen molar-refractivity contribution in [1.82, 2.24) is 0 Å². The third-order valence-corrected chi connectivity index (χ3v) is 0.748. The van der Waals surface area contributed by atoms with Gasteiger partial charge in [-0.2, -0.15) is 0 Å². The minimum Gasteiger partial charge on any atom is -0.278 e. The van der Waals surface area contributed by atoms with Gasteiger partial charge in [-0.15, -0.1) is 9.42 Å². The van der Waals surface area contributed by atoms with Gasteiger partial charge in [-0.05, 0) is 11.6 Å². The van der Waals surface area contributed by atoms with Crippen molar-refractivity contribution in [2.24, 2.45) is 0 Å². The summed E-state index contributed by atoms with van der Waals surface area (Å²) in [5, 5.41) is -0.789. The zero-order valence-corrected chi connectivity index (χ0v) is 5.35. The molecule has 0 aromatic carbocycles. The van der Waals surface area contributed by atoms with Crippen LogP contribution in [0.25, 0.3) is 0 Å². The van der Waals surface area contributed by atoms with E-state index in [9.17, 15) is 9.36 Å². The summed E-state index contributed by atoms with van der Waals surface area (Å²) in [5.74, 6) is 0. The van der Waals surface area contributed by atoms with Crippen LogP contribution in [0.15, 0.2) is 0 Å². The molecule has 1 N–H and O–H groups in total. The molecule has 0 aliphatic carbocycles. The Bertz CT molecular complexity index is 98.6. The molecule has 0 amide bonds. The molecule has 0 aromatic rings. The molecule has 0 bridgehead atoms. The first-order valence-electron chi connectivity index (χ1n) is 1.60. The van der Waals surface area contributed by atoms with Crippen molar-refractivity contribution in [2.75, 3.05) is 6.61 Å². The maximum atomic E-state index is 9.75. The highest BCUT2D eigenvalue weighted by molar-refractivity contribution is 7.32. The second-order valence-electron chi connectivity index (χ2n) is 0.866. The van der Waals surface area contributed by atoms with Crippen molar-refractivity contribution in [3.05, 3.63) is 0 Å². The summed E-state index contributed by atoms with van der Waals surface area (Å²) in [4.78, 5) is 17.6. The molecule has 0 aliphatic heterocycles.